The van der Waals surface area contributed by atoms with Gasteiger partial charge in [0, 0.05) is 30.7 Å². The largest absolute Gasteiger partial charge is 0.493 e. The van der Waals surface area contributed by atoms with Crippen LogP contribution in [0.2, 0.25) is 10.0 Å². The minimum Gasteiger partial charge on any atom is -0.493 e. The predicted molar refractivity (Wildman–Crippen MR) is 134 cm³/mol. The van der Waals surface area contributed by atoms with Crippen molar-refractivity contribution in [1.29, 1.82) is 10.7 Å². The summed E-state index contributed by atoms with van der Waals surface area (Å²) in [4.78, 5) is 11.7. The summed E-state index contributed by atoms with van der Waals surface area (Å²) in [6.45, 7) is 1.63. The van der Waals surface area contributed by atoms with Gasteiger partial charge in [-0.25, -0.2) is 9.97 Å². The van der Waals surface area contributed by atoms with Gasteiger partial charge in [0.2, 0.25) is 5.96 Å². The van der Waals surface area contributed by atoms with Crippen LogP contribution in [0.4, 0.5) is 11.5 Å². The number of anilines is 2. The Morgan fingerprint density at radius 2 is 2.11 bits per heavy atom. The summed E-state index contributed by atoms with van der Waals surface area (Å²) in [6.07, 6.45) is 3.11. The normalized spacial score (nSPS) is 15.4. The average Bonchev–Trinajstić information content (AvgIpc) is 2.88. The molecular formula is C23H23Cl2N7O3. The van der Waals surface area contributed by atoms with E-state index < -0.39 is 0 Å². The number of morpholine rings is 1. The Kier molecular flexibility index (Phi) is 7.60. The van der Waals surface area contributed by atoms with E-state index in [1.54, 1.807) is 49.4 Å². The van der Waals surface area contributed by atoms with Crippen molar-refractivity contribution in [3.05, 3.63) is 46.7 Å². The number of hydrogen-bond acceptors (Lipinski definition) is 8. The first-order valence-corrected chi connectivity index (χ1v) is 11.4. The van der Waals surface area contributed by atoms with Gasteiger partial charge in [0.25, 0.3) is 0 Å². The molecule has 35 heavy (non-hydrogen) atoms. The number of halogens is 2. The number of rotatable bonds is 6. The summed E-state index contributed by atoms with van der Waals surface area (Å²) in [7, 11) is 3.11. The van der Waals surface area contributed by atoms with Gasteiger partial charge < -0.3 is 24.4 Å². The zero-order valence-electron chi connectivity index (χ0n) is 19.1. The van der Waals surface area contributed by atoms with E-state index >= 15 is 0 Å². The van der Waals surface area contributed by atoms with E-state index in [0.29, 0.717) is 52.6 Å². The molecule has 1 saturated heterocycles. The molecule has 3 aromatic rings. The highest BCUT2D eigenvalue weighted by Crippen LogP contribution is 2.35. The summed E-state index contributed by atoms with van der Waals surface area (Å²) in [5, 5.41) is 22.0. The van der Waals surface area contributed by atoms with Gasteiger partial charge in [0.15, 0.2) is 17.7 Å². The fourth-order valence-corrected chi connectivity index (χ4v) is 3.90. The van der Waals surface area contributed by atoms with Crippen molar-refractivity contribution >= 4 is 51.6 Å². The molecule has 0 bridgehead atoms. The van der Waals surface area contributed by atoms with Crippen LogP contribution in [-0.2, 0) is 4.74 Å². The number of hydrogen-bond donors (Lipinski definition) is 2. The lowest BCUT2D eigenvalue weighted by Gasteiger charge is -2.35. The predicted octanol–water partition coefficient (Wildman–Crippen LogP) is 4.12. The van der Waals surface area contributed by atoms with Crippen molar-refractivity contribution in [2.75, 3.05) is 45.8 Å². The van der Waals surface area contributed by atoms with Crippen LogP contribution in [0.15, 0.2) is 36.7 Å². The third-order valence-corrected chi connectivity index (χ3v) is 6.17. The molecule has 2 N–H and O–H groups in total. The lowest BCUT2D eigenvalue weighted by atomic mass is 10.2. The number of methoxy groups -OCH3 is 1. The summed E-state index contributed by atoms with van der Waals surface area (Å²) in [5.41, 5.74) is 1.38. The fourth-order valence-electron chi connectivity index (χ4n) is 3.60. The maximum absolute atomic E-state index is 9.04. The number of nitriles is 1. The number of nitrogens with zero attached hydrogens (tertiary/aromatic N) is 5. The fraction of sp³-hybridized carbons (Fsp3) is 0.304. The minimum absolute atomic E-state index is 0.128. The van der Waals surface area contributed by atoms with Crippen LogP contribution in [0.1, 0.15) is 0 Å². The number of aromatic nitrogens is 2. The summed E-state index contributed by atoms with van der Waals surface area (Å²) >= 11 is 12.1. The van der Waals surface area contributed by atoms with Crippen molar-refractivity contribution in [1.82, 2.24) is 19.8 Å². The van der Waals surface area contributed by atoms with E-state index in [0.717, 1.165) is 11.1 Å². The third-order valence-electron chi connectivity index (χ3n) is 5.43. The first-order chi connectivity index (χ1) is 16.9. The molecule has 0 spiro atoms. The Morgan fingerprint density at radius 3 is 2.86 bits per heavy atom. The highest BCUT2D eigenvalue weighted by atomic mass is 35.5. The Bertz CT molecular complexity index is 1280. The number of nitrogens with one attached hydrogen (secondary N) is 2. The summed E-state index contributed by atoms with van der Waals surface area (Å²) < 4.78 is 17.4. The molecule has 2 aromatic carbocycles. The van der Waals surface area contributed by atoms with Gasteiger partial charge in [-0.3, -0.25) is 10.3 Å². The van der Waals surface area contributed by atoms with Crippen LogP contribution in [0, 0.1) is 16.9 Å². The van der Waals surface area contributed by atoms with E-state index in [2.05, 4.69) is 15.3 Å². The smallest absolute Gasteiger partial charge is 0.207 e. The SMILES string of the molecule is COc1cc2c(Nc3ccc(Cl)c(Cl)c3)ncnc2cc1OCC1CN(C(=N)N(C)C#N)CCO1. The van der Waals surface area contributed by atoms with E-state index in [1.165, 1.54) is 11.2 Å². The maximum atomic E-state index is 9.04. The highest BCUT2D eigenvalue weighted by Gasteiger charge is 2.25. The zero-order chi connectivity index (χ0) is 24.9. The summed E-state index contributed by atoms with van der Waals surface area (Å²) in [5.74, 6) is 1.71. The van der Waals surface area contributed by atoms with E-state index in [9.17, 15) is 0 Å². The second-order valence-electron chi connectivity index (χ2n) is 7.73. The van der Waals surface area contributed by atoms with Gasteiger partial charge in [-0.2, -0.15) is 5.26 Å². The lowest BCUT2D eigenvalue weighted by molar-refractivity contribution is -0.0311. The van der Waals surface area contributed by atoms with E-state index in [4.69, 9.17) is 48.1 Å². The van der Waals surface area contributed by atoms with Gasteiger partial charge in [0.1, 0.15) is 24.9 Å². The Labute approximate surface area is 212 Å². The maximum Gasteiger partial charge on any atom is 0.207 e. The zero-order valence-corrected chi connectivity index (χ0v) is 20.6. The van der Waals surface area contributed by atoms with Crippen LogP contribution < -0.4 is 14.8 Å². The van der Waals surface area contributed by atoms with Crippen LogP contribution in [0.3, 0.4) is 0 Å². The van der Waals surface area contributed by atoms with Crippen LogP contribution in [-0.4, -0.2) is 72.3 Å². The second kappa shape index (κ2) is 10.8. The molecule has 0 amide bonds. The van der Waals surface area contributed by atoms with Crippen molar-refractivity contribution in [2.45, 2.75) is 6.10 Å². The van der Waals surface area contributed by atoms with Crippen LogP contribution >= 0.6 is 23.2 Å². The van der Waals surface area contributed by atoms with Crippen molar-refractivity contribution in [2.24, 2.45) is 0 Å². The second-order valence-corrected chi connectivity index (χ2v) is 8.54. The van der Waals surface area contributed by atoms with E-state index in [-0.39, 0.29) is 18.7 Å². The monoisotopic (exact) mass is 515 g/mol. The number of benzene rings is 2. The molecule has 1 atom stereocenters. The standard InChI is InChI=1S/C23H23Cl2N7O3/c1-31(12-26)23(27)32-5-6-34-15(10-32)11-35-21-9-19-16(8-20(21)33-2)22(29-13-28-19)30-14-3-4-17(24)18(25)7-14/h3-4,7-9,13,15,27H,5-6,10-11H2,1-2H3,(H,28,29,30). The molecule has 1 unspecified atom stereocenters. The molecule has 1 aromatic heterocycles. The van der Waals surface area contributed by atoms with Gasteiger partial charge in [-0.15, -0.1) is 0 Å². The molecule has 182 valence electrons. The molecule has 4 rings (SSSR count). The molecular weight excluding hydrogens is 493 g/mol. The molecule has 1 fully saturated rings. The van der Waals surface area contributed by atoms with Crippen molar-refractivity contribution < 1.29 is 14.2 Å². The quantitative estimate of drug-likeness (QED) is 0.216. The molecule has 0 aliphatic carbocycles. The van der Waals surface area contributed by atoms with Crippen molar-refractivity contribution in [3.63, 3.8) is 0 Å². The van der Waals surface area contributed by atoms with Crippen molar-refractivity contribution in [3.8, 4) is 17.7 Å². The third kappa shape index (κ3) is 5.59. The Balaban J connectivity index is 1.51. The molecule has 0 radical (unpaired) electrons. The molecule has 2 heterocycles. The number of ether oxygens (including phenoxy) is 3. The van der Waals surface area contributed by atoms with Gasteiger partial charge >= 0.3 is 0 Å². The molecule has 0 saturated carbocycles. The highest BCUT2D eigenvalue weighted by molar-refractivity contribution is 6.42. The molecule has 1 aliphatic rings. The first-order valence-electron chi connectivity index (χ1n) is 10.7. The number of fused-ring (bicyclic) bond motifs is 1. The summed E-state index contributed by atoms with van der Waals surface area (Å²) in [6, 6.07) is 8.81. The average molecular weight is 516 g/mol. The Hall–Kier alpha value is -3.52. The van der Waals surface area contributed by atoms with Crippen LogP contribution in [0.25, 0.3) is 10.9 Å². The van der Waals surface area contributed by atoms with Gasteiger partial charge in [-0.05, 0) is 24.3 Å². The van der Waals surface area contributed by atoms with Gasteiger partial charge in [0.05, 0.1) is 35.8 Å². The molecule has 12 heteroatoms. The van der Waals surface area contributed by atoms with Gasteiger partial charge in [-0.1, -0.05) is 23.2 Å². The number of guanidine groups is 1. The Morgan fingerprint density at radius 1 is 1.29 bits per heavy atom. The molecule has 1 aliphatic heterocycles. The lowest BCUT2D eigenvalue weighted by Crippen LogP contribution is -2.50. The minimum atomic E-state index is -0.283. The first kappa shape index (κ1) is 24.6. The van der Waals surface area contributed by atoms with E-state index in [1.807, 2.05) is 6.19 Å². The van der Waals surface area contributed by atoms with Crippen LogP contribution in [0.5, 0.6) is 11.5 Å². The topological polar surface area (TPSA) is 120 Å². The molecule has 10 nitrogen and oxygen atoms in total.